The standard InChI is InChI=1S/C16H24N4O2/c21-15-5-3-8-18-20(15)11-10-19-9-2-1-4-14(19)12-17-16(22)13-6-7-13/h3,5,8,13-14H,1-2,4,6-7,9-12H2,(H,17,22). The molecule has 2 fully saturated rings. The molecule has 1 aliphatic heterocycles. The van der Waals surface area contributed by atoms with Crippen molar-refractivity contribution < 1.29 is 4.79 Å². The van der Waals surface area contributed by atoms with E-state index in [4.69, 9.17) is 0 Å². The SMILES string of the molecule is O=C(NCC1CCCCN1CCn1ncccc1=O)C1CC1. The Kier molecular flexibility index (Phi) is 4.87. The molecule has 1 aliphatic carbocycles. The summed E-state index contributed by atoms with van der Waals surface area (Å²) in [5.41, 5.74) is -0.0573. The van der Waals surface area contributed by atoms with Gasteiger partial charge in [-0.1, -0.05) is 6.42 Å². The van der Waals surface area contributed by atoms with Gasteiger partial charge in [-0.25, -0.2) is 4.68 Å². The molecule has 0 spiro atoms. The largest absolute Gasteiger partial charge is 0.354 e. The molecular formula is C16H24N4O2. The van der Waals surface area contributed by atoms with Crippen molar-refractivity contribution in [1.29, 1.82) is 0 Å². The lowest BCUT2D eigenvalue weighted by atomic mass is 10.0. The summed E-state index contributed by atoms with van der Waals surface area (Å²) in [5.74, 6) is 0.482. The van der Waals surface area contributed by atoms with Gasteiger partial charge in [-0.05, 0) is 38.3 Å². The van der Waals surface area contributed by atoms with Gasteiger partial charge in [-0.3, -0.25) is 14.5 Å². The molecule has 1 saturated heterocycles. The van der Waals surface area contributed by atoms with E-state index in [1.807, 2.05) is 0 Å². The third-order valence-corrected chi connectivity index (χ3v) is 4.59. The minimum atomic E-state index is -0.0573. The molecule has 0 aromatic carbocycles. The summed E-state index contributed by atoms with van der Waals surface area (Å²) >= 11 is 0. The van der Waals surface area contributed by atoms with E-state index in [0.717, 1.165) is 38.9 Å². The van der Waals surface area contributed by atoms with E-state index in [1.165, 1.54) is 23.6 Å². The summed E-state index contributed by atoms with van der Waals surface area (Å²) < 4.78 is 1.51. The number of hydrogen-bond acceptors (Lipinski definition) is 4. The lowest BCUT2D eigenvalue weighted by Gasteiger charge is -2.35. The van der Waals surface area contributed by atoms with Crippen LogP contribution in [-0.4, -0.2) is 46.3 Å². The molecule has 1 aromatic rings. The van der Waals surface area contributed by atoms with Gasteiger partial charge >= 0.3 is 0 Å². The quantitative estimate of drug-likeness (QED) is 0.837. The molecule has 2 aliphatic rings. The van der Waals surface area contributed by atoms with Crippen LogP contribution in [0.25, 0.3) is 0 Å². The minimum Gasteiger partial charge on any atom is -0.354 e. The van der Waals surface area contributed by atoms with Crippen LogP contribution in [0.3, 0.4) is 0 Å². The Bertz CT molecular complexity index is 567. The van der Waals surface area contributed by atoms with Gasteiger partial charge in [0.15, 0.2) is 0 Å². The van der Waals surface area contributed by atoms with E-state index in [-0.39, 0.29) is 17.4 Å². The molecule has 1 N–H and O–H groups in total. The molecule has 0 radical (unpaired) electrons. The molecule has 1 saturated carbocycles. The first-order valence-electron chi connectivity index (χ1n) is 8.28. The first-order valence-corrected chi connectivity index (χ1v) is 8.28. The summed E-state index contributed by atoms with van der Waals surface area (Å²) in [4.78, 5) is 25.9. The van der Waals surface area contributed by atoms with Crippen molar-refractivity contribution in [2.24, 2.45) is 5.92 Å². The fraction of sp³-hybridized carbons (Fsp3) is 0.688. The first kappa shape index (κ1) is 15.2. The Labute approximate surface area is 130 Å². The summed E-state index contributed by atoms with van der Waals surface area (Å²) in [7, 11) is 0. The Morgan fingerprint density at radius 2 is 2.14 bits per heavy atom. The summed E-state index contributed by atoms with van der Waals surface area (Å²) in [5, 5.41) is 7.19. The molecule has 22 heavy (non-hydrogen) atoms. The van der Waals surface area contributed by atoms with Crippen molar-refractivity contribution in [2.75, 3.05) is 19.6 Å². The number of piperidine rings is 1. The van der Waals surface area contributed by atoms with Crippen molar-refractivity contribution in [3.8, 4) is 0 Å². The molecular weight excluding hydrogens is 280 g/mol. The highest BCUT2D eigenvalue weighted by molar-refractivity contribution is 5.80. The predicted octanol–water partition coefficient (Wildman–Crippen LogP) is 0.624. The van der Waals surface area contributed by atoms with Gasteiger partial charge in [0, 0.05) is 37.3 Å². The fourth-order valence-electron chi connectivity index (χ4n) is 3.07. The molecule has 120 valence electrons. The predicted molar refractivity (Wildman–Crippen MR) is 83.4 cm³/mol. The Balaban J connectivity index is 1.52. The monoisotopic (exact) mass is 304 g/mol. The molecule has 6 heteroatoms. The van der Waals surface area contributed by atoms with E-state index >= 15 is 0 Å². The second-order valence-corrected chi connectivity index (χ2v) is 6.29. The summed E-state index contributed by atoms with van der Waals surface area (Å²) in [6.07, 6.45) is 7.24. The van der Waals surface area contributed by atoms with Gasteiger partial charge in [0.25, 0.3) is 5.56 Å². The zero-order valence-electron chi connectivity index (χ0n) is 12.9. The number of carbonyl (C=O) groups excluding carboxylic acids is 1. The van der Waals surface area contributed by atoms with Crippen LogP contribution in [0.5, 0.6) is 0 Å². The highest BCUT2D eigenvalue weighted by atomic mass is 16.2. The van der Waals surface area contributed by atoms with Gasteiger partial charge in [-0.15, -0.1) is 0 Å². The topological polar surface area (TPSA) is 67.2 Å². The summed E-state index contributed by atoms with van der Waals surface area (Å²) in [6, 6.07) is 3.59. The van der Waals surface area contributed by atoms with Crippen molar-refractivity contribution in [1.82, 2.24) is 20.0 Å². The highest BCUT2D eigenvalue weighted by Gasteiger charge is 2.30. The van der Waals surface area contributed by atoms with Crippen LogP contribution in [0.15, 0.2) is 23.1 Å². The van der Waals surface area contributed by atoms with Crippen LogP contribution in [0.2, 0.25) is 0 Å². The number of rotatable bonds is 6. The zero-order valence-corrected chi connectivity index (χ0v) is 12.9. The molecule has 2 heterocycles. The number of aromatic nitrogens is 2. The molecule has 3 rings (SSSR count). The maximum atomic E-state index is 11.8. The van der Waals surface area contributed by atoms with Crippen molar-refractivity contribution in [2.45, 2.75) is 44.7 Å². The second kappa shape index (κ2) is 7.05. The van der Waals surface area contributed by atoms with Crippen LogP contribution in [-0.2, 0) is 11.3 Å². The average molecular weight is 304 g/mol. The minimum absolute atomic E-state index is 0.0573. The third kappa shape index (κ3) is 3.94. The van der Waals surface area contributed by atoms with E-state index in [9.17, 15) is 9.59 Å². The van der Waals surface area contributed by atoms with Crippen molar-refractivity contribution in [3.63, 3.8) is 0 Å². The Hall–Kier alpha value is -1.69. The third-order valence-electron chi connectivity index (χ3n) is 4.59. The Morgan fingerprint density at radius 1 is 1.27 bits per heavy atom. The lowest BCUT2D eigenvalue weighted by molar-refractivity contribution is -0.122. The average Bonchev–Trinajstić information content (AvgIpc) is 3.37. The number of nitrogens with zero attached hydrogens (tertiary/aromatic N) is 3. The van der Waals surface area contributed by atoms with Gasteiger partial charge in [0.2, 0.25) is 5.91 Å². The highest BCUT2D eigenvalue weighted by Crippen LogP contribution is 2.28. The van der Waals surface area contributed by atoms with Gasteiger partial charge in [0.05, 0.1) is 6.54 Å². The van der Waals surface area contributed by atoms with E-state index < -0.39 is 0 Å². The van der Waals surface area contributed by atoms with Gasteiger partial charge < -0.3 is 5.32 Å². The lowest BCUT2D eigenvalue weighted by Crippen LogP contribution is -2.48. The number of carbonyl (C=O) groups is 1. The van der Waals surface area contributed by atoms with E-state index in [1.54, 1.807) is 12.3 Å². The molecule has 1 aromatic heterocycles. The molecule has 0 bridgehead atoms. The van der Waals surface area contributed by atoms with Crippen LogP contribution in [0.1, 0.15) is 32.1 Å². The second-order valence-electron chi connectivity index (χ2n) is 6.29. The number of hydrogen-bond donors (Lipinski definition) is 1. The number of likely N-dealkylation sites (tertiary alicyclic amines) is 1. The zero-order chi connectivity index (χ0) is 15.4. The summed E-state index contributed by atoms with van der Waals surface area (Å²) in [6.45, 7) is 3.17. The molecule has 1 unspecified atom stereocenters. The fourth-order valence-corrected chi connectivity index (χ4v) is 3.07. The normalized spacial score (nSPS) is 22.5. The van der Waals surface area contributed by atoms with Crippen molar-refractivity contribution >= 4 is 5.91 Å². The number of amides is 1. The van der Waals surface area contributed by atoms with Crippen LogP contribution < -0.4 is 10.9 Å². The number of nitrogens with one attached hydrogen (secondary N) is 1. The van der Waals surface area contributed by atoms with Crippen LogP contribution >= 0.6 is 0 Å². The van der Waals surface area contributed by atoms with Crippen molar-refractivity contribution in [3.05, 3.63) is 28.7 Å². The first-order chi connectivity index (χ1) is 10.7. The molecule has 1 atom stereocenters. The molecule has 1 amide bonds. The van der Waals surface area contributed by atoms with Crippen LogP contribution in [0, 0.1) is 5.92 Å². The maximum absolute atomic E-state index is 11.8. The van der Waals surface area contributed by atoms with E-state index in [2.05, 4.69) is 15.3 Å². The van der Waals surface area contributed by atoms with Gasteiger partial charge in [-0.2, -0.15) is 5.10 Å². The molecule has 6 nitrogen and oxygen atoms in total. The maximum Gasteiger partial charge on any atom is 0.266 e. The van der Waals surface area contributed by atoms with E-state index in [0.29, 0.717) is 12.6 Å². The van der Waals surface area contributed by atoms with Crippen LogP contribution in [0.4, 0.5) is 0 Å². The Morgan fingerprint density at radius 3 is 2.91 bits per heavy atom. The van der Waals surface area contributed by atoms with Gasteiger partial charge in [0.1, 0.15) is 0 Å². The smallest absolute Gasteiger partial charge is 0.266 e.